The molecule has 504 valence electrons. The molecule has 21 aliphatic rings. The summed E-state index contributed by atoms with van der Waals surface area (Å²) in [5.74, 6) is 0. The highest BCUT2D eigenvalue weighted by atomic mass is 35.5. The summed E-state index contributed by atoms with van der Waals surface area (Å²) in [5, 5.41) is 230. The minimum absolute atomic E-state index is 0. The van der Waals surface area contributed by atoms with Crippen LogP contribution in [-0.4, -0.2) is 368 Å². The fourth-order valence-electron chi connectivity index (χ4n) is 10.4. The molecule has 0 radical (unpaired) electrons. The van der Waals surface area contributed by atoms with Crippen molar-refractivity contribution in [3.05, 3.63) is 0 Å². The summed E-state index contributed by atoms with van der Waals surface area (Å²) < 4.78 is 79.5. The van der Waals surface area contributed by atoms with Crippen LogP contribution in [0.1, 0.15) is 0 Å². The van der Waals surface area contributed by atoms with E-state index < -0.39 is 261 Å². The largest absolute Gasteiger partial charge is 0.394 e. The van der Waals surface area contributed by atoms with E-state index in [1.54, 1.807) is 0 Å². The highest BCUT2D eigenvalue weighted by Crippen LogP contribution is 2.39. The lowest BCUT2D eigenvalue weighted by Gasteiger charge is -2.50. The first kappa shape index (κ1) is 82.6. The number of aliphatic hydroxyl groups is 21. The van der Waals surface area contributed by atoms with Crippen LogP contribution in [0.3, 0.4) is 0 Å². The van der Waals surface area contributed by atoms with Crippen molar-refractivity contribution in [2.75, 3.05) is 46.2 Å². The molecule has 14 bridgehead atoms. The van der Waals surface area contributed by atoms with Crippen molar-refractivity contribution in [1.29, 1.82) is 0 Å². The zero-order chi connectivity index (χ0) is 56.1. The molecule has 84 heavy (non-hydrogen) atoms. The van der Waals surface area contributed by atoms with Gasteiger partial charge in [0.25, 0.3) is 0 Å². The van der Waals surface area contributed by atoms with Crippen molar-refractivity contribution < 1.29 is 174 Å². The van der Waals surface area contributed by atoms with E-state index in [1.165, 1.54) is 0 Å². The Morgan fingerprint density at radius 2 is 0.250 bits per heavy atom. The minimum atomic E-state index is -2.21. The Morgan fingerprint density at radius 3 is 0.333 bits per heavy atom. The fourth-order valence-corrected chi connectivity index (χ4v) is 10.4. The molecule has 0 aromatic carbocycles. The average molecular weight is 1390 g/mol. The number of hydrogen-bond donors (Lipinski definition) is 21. The second kappa shape index (κ2) is 35.6. The van der Waals surface area contributed by atoms with Gasteiger partial charge in [0.2, 0.25) is 0 Å². The van der Waals surface area contributed by atoms with Gasteiger partial charge in [-0.2, -0.15) is 0 Å². The summed E-state index contributed by atoms with van der Waals surface area (Å²) in [4.78, 5) is 0. The van der Waals surface area contributed by atoms with Crippen molar-refractivity contribution in [3.63, 3.8) is 0 Å². The van der Waals surface area contributed by atoms with Crippen molar-refractivity contribution in [3.8, 4) is 0 Å². The van der Waals surface area contributed by atoms with Gasteiger partial charge >= 0.3 is 0 Å². The monoisotopic (exact) mass is 1390 g/mol. The van der Waals surface area contributed by atoms with Gasteiger partial charge in [0.1, 0.15) is 171 Å². The van der Waals surface area contributed by atoms with Gasteiger partial charge in [-0.05, 0) is 0 Å². The lowest BCUT2D eigenvalue weighted by Crippen LogP contribution is -2.68. The molecule has 35 nitrogen and oxygen atoms in total. The fraction of sp³-hybridized carbons (Fsp3) is 1.00. The normalized spacial score (nSPS) is 50.8. The second-order valence-electron chi connectivity index (χ2n) is 19.7. The van der Waals surface area contributed by atoms with Crippen LogP contribution in [0.25, 0.3) is 0 Å². The molecule has 0 spiro atoms. The standard InChI is InChI=1S/C42H70O35.7ClH/c43-1-8-29-15(50)22(57)36(64-8)72-30-9(2-44)66-38(24(59)17(30)52)74-32-11(4-46)68-40(26(61)19(32)54)76-34-13(6-48)70-42(28(63)21(34)56)77-35-14(7-49)69-41(27(62)20(35)55)75-33-12(5-47)67-39(25(60)18(33)53)73-31-10(3-45)65-37(71-29)23(58)16(31)51;;;;;;;/h8-63H,1-7H2;7*1H/t8-,9-,10-,11-,12-,13-,14-,15-,16-,17-,18-,19-,20-,21-,22-,23-,24-,25-,26-,27-,28-,29-,30-,31-,32-,33-,34-,35-,36-,37-,38-,39-,40-,41-,42-;;;;;;;/m1......./s1. The summed E-state index contributed by atoms with van der Waals surface area (Å²) >= 11 is 0. The van der Waals surface area contributed by atoms with Gasteiger partial charge in [-0.25, -0.2) is 0 Å². The lowest BCUT2D eigenvalue weighted by atomic mass is 9.95. The Balaban J connectivity index is 0.00000504. The van der Waals surface area contributed by atoms with Gasteiger partial charge < -0.3 is 174 Å². The summed E-state index contributed by atoms with van der Waals surface area (Å²) in [7, 11) is 0. The van der Waals surface area contributed by atoms with Crippen molar-refractivity contribution in [1.82, 2.24) is 0 Å². The van der Waals surface area contributed by atoms with Crippen molar-refractivity contribution >= 4 is 86.8 Å². The van der Waals surface area contributed by atoms with E-state index in [0.29, 0.717) is 0 Å². The topological polar surface area (TPSA) is 554 Å². The highest BCUT2D eigenvalue weighted by Gasteiger charge is 2.59. The van der Waals surface area contributed by atoms with Crippen LogP contribution in [0.5, 0.6) is 0 Å². The Hall–Kier alpha value is 0.630. The van der Waals surface area contributed by atoms with Crippen LogP contribution in [-0.2, 0) is 66.3 Å². The van der Waals surface area contributed by atoms with Crippen molar-refractivity contribution in [2.45, 2.75) is 215 Å². The quantitative estimate of drug-likeness (QED) is 0.113. The third-order valence-electron chi connectivity index (χ3n) is 14.8. The van der Waals surface area contributed by atoms with Crippen LogP contribution < -0.4 is 0 Å². The van der Waals surface area contributed by atoms with Crippen LogP contribution in [0.4, 0.5) is 0 Å². The van der Waals surface area contributed by atoms with Gasteiger partial charge in [0.15, 0.2) is 44.0 Å². The van der Waals surface area contributed by atoms with Crippen LogP contribution in [0.2, 0.25) is 0 Å². The molecular formula is C42H77Cl7O35. The second-order valence-corrected chi connectivity index (χ2v) is 19.7. The molecule has 42 heteroatoms. The maximum absolute atomic E-state index is 11.3. The Morgan fingerprint density at radius 1 is 0.155 bits per heavy atom. The molecule has 0 aromatic heterocycles. The van der Waals surface area contributed by atoms with E-state index in [4.69, 9.17) is 66.3 Å². The summed E-state index contributed by atoms with van der Waals surface area (Å²) in [6.45, 7) is -7.33. The summed E-state index contributed by atoms with van der Waals surface area (Å²) in [6, 6.07) is 0. The molecule has 21 saturated heterocycles. The molecule has 21 heterocycles. The average Bonchev–Trinajstić information content (AvgIpc) is 3.45. The highest BCUT2D eigenvalue weighted by molar-refractivity contribution is 5.86. The first-order valence-corrected chi connectivity index (χ1v) is 24.6. The lowest BCUT2D eigenvalue weighted by molar-refractivity contribution is -0.396. The van der Waals surface area contributed by atoms with E-state index in [9.17, 15) is 107 Å². The molecule has 21 fully saturated rings. The van der Waals surface area contributed by atoms with Gasteiger partial charge in [-0.1, -0.05) is 0 Å². The van der Waals surface area contributed by atoms with Crippen LogP contribution >= 0.6 is 86.8 Å². The number of halogens is 7. The summed E-state index contributed by atoms with van der Waals surface area (Å²) in [6.07, 6.45) is -70.2. The van der Waals surface area contributed by atoms with E-state index in [1.807, 2.05) is 0 Å². The Kier molecular flexibility index (Phi) is 35.0. The summed E-state index contributed by atoms with van der Waals surface area (Å²) in [5.41, 5.74) is 0. The molecule has 21 aliphatic heterocycles. The predicted molar refractivity (Wildman–Crippen MR) is 279 cm³/mol. The third kappa shape index (κ3) is 16.5. The van der Waals surface area contributed by atoms with E-state index >= 15 is 0 Å². The maximum atomic E-state index is 11.3. The first-order valence-electron chi connectivity index (χ1n) is 24.6. The van der Waals surface area contributed by atoms with E-state index in [0.717, 1.165) is 0 Å². The van der Waals surface area contributed by atoms with E-state index in [2.05, 4.69) is 0 Å². The predicted octanol–water partition coefficient (Wildman–Crippen LogP) is -12.3. The van der Waals surface area contributed by atoms with Gasteiger partial charge in [-0.3, -0.25) is 0 Å². The molecule has 21 rings (SSSR count). The van der Waals surface area contributed by atoms with Crippen molar-refractivity contribution in [2.24, 2.45) is 0 Å². The van der Waals surface area contributed by atoms with E-state index in [-0.39, 0.29) is 86.8 Å². The molecular weight excluding hydrogens is 1310 g/mol. The van der Waals surface area contributed by atoms with Crippen LogP contribution in [0, 0.1) is 0 Å². The third-order valence-corrected chi connectivity index (χ3v) is 14.8. The number of aliphatic hydroxyl groups excluding tert-OH is 21. The SMILES string of the molecule is Cl.Cl.Cl.Cl.Cl.Cl.Cl.OC[C@H]1O[C@@H]2O[C@H]3[C@H](O)[C@@H](O)[C@@H](O[C@H]4[C@H](O)[C@@H](O)[C@@H](O[C@H]5[C@H](O)[C@@H](O)[C@@H](O[C@H]6[C@H](O)[C@@H](O)[C@@H](O[C@H]7[C@H](O)[C@@H](O)[C@@H](O[C@H]8[C@H](O)[C@@H](O)[C@@H](O[C@H]1[C@H](O)[C@H]2O)O[C@@H]8CO)O[C@@H]7CO)O[C@@H]6CO)O[C@@H]5CO)O[C@@H]4CO)O[C@@H]3CO. The first-order chi connectivity index (χ1) is 36.7. The molecule has 21 N–H and O–H groups in total. The molecule has 35 atom stereocenters. The maximum Gasteiger partial charge on any atom is 0.187 e. The molecule has 0 amide bonds. The van der Waals surface area contributed by atoms with Gasteiger partial charge in [0.05, 0.1) is 46.2 Å². The Labute approximate surface area is 519 Å². The Bertz CT molecular complexity index is 1500. The zero-order valence-electron chi connectivity index (χ0n) is 43.1. The molecule has 0 saturated carbocycles. The molecule has 0 aliphatic carbocycles. The number of hydrogen-bond acceptors (Lipinski definition) is 35. The van der Waals surface area contributed by atoms with Gasteiger partial charge in [0, 0.05) is 0 Å². The molecule has 0 unspecified atom stereocenters. The van der Waals surface area contributed by atoms with Crippen LogP contribution in [0.15, 0.2) is 0 Å². The van der Waals surface area contributed by atoms with Gasteiger partial charge in [-0.15, -0.1) is 86.8 Å². The smallest absolute Gasteiger partial charge is 0.187 e. The number of ether oxygens (including phenoxy) is 14. The number of rotatable bonds is 7. The zero-order valence-corrected chi connectivity index (χ0v) is 48.8. The minimum Gasteiger partial charge on any atom is -0.394 e. The molecule has 0 aromatic rings.